The summed E-state index contributed by atoms with van der Waals surface area (Å²) >= 11 is 0. The van der Waals surface area contributed by atoms with Crippen LogP contribution in [0.5, 0.6) is 11.5 Å². The molecule has 0 unspecified atom stereocenters. The molecule has 0 amide bonds. The van der Waals surface area contributed by atoms with Gasteiger partial charge in [0.1, 0.15) is 0 Å². The number of rotatable bonds is 3. The topological polar surface area (TPSA) is 56.8 Å². The molecule has 4 heteroatoms. The Morgan fingerprint density at radius 3 is 2.36 bits per heavy atom. The van der Waals surface area contributed by atoms with Gasteiger partial charge < -0.3 is 15.2 Å². The summed E-state index contributed by atoms with van der Waals surface area (Å²) in [5, 5.41) is 0. The SMILES string of the molecule is COc1cc2c(cc1OC)[C@@H]1CCCC[C@@H]1N=C2c1ccc(N)cc1. The molecule has 2 aromatic carbocycles. The maximum Gasteiger partial charge on any atom is 0.161 e. The Morgan fingerprint density at radius 1 is 0.960 bits per heavy atom. The zero-order valence-electron chi connectivity index (χ0n) is 14.8. The molecule has 4 nitrogen and oxygen atoms in total. The van der Waals surface area contributed by atoms with E-state index in [-0.39, 0.29) is 0 Å². The Morgan fingerprint density at radius 2 is 1.64 bits per heavy atom. The first kappa shape index (κ1) is 16.0. The second-order valence-electron chi connectivity index (χ2n) is 6.85. The first-order valence-corrected chi connectivity index (χ1v) is 8.91. The molecule has 0 bridgehead atoms. The largest absolute Gasteiger partial charge is 0.493 e. The van der Waals surface area contributed by atoms with Crippen LogP contribution in [0.1, 0.15) is 48.3 Å². The summed E-state index contributed by atoms with van der Waals surface area (Å²) in [5.74, 6) is 2.02. The van der Waals surface area contributed by atoms with Crippen LogP contribution >= 0.6 is 0 Å². The van der Waals surface area contributed by atoms with Crippen LogP contribution in [-0.2, 0) is 0 Å². The van der Waals surface area contributed by atoms with Crippen LogP contribution in [0.4, 0.5) is 5.69 Å². The molecular weight excluding hydrogens is 312 g/mol. The zero-order chi connectivity index (χ0) is 17.4. The number of ether oxygens (including phenoxy) is 2. The second kappa shape index (κ2) is 6.43. The fourth-order valence-corrected chi connectivity index (χ4v) is 4.14. The van der Waals surface area contributed by atoms with E-state index in [0.29, 0.717) is 12.0 Å². The molecule has 2 aromatic rings. The fourth-order valence-electron chi connectivity index (χ4n) is 4.14. The fraction of sp³-hybridized carbons (Fsp3) is 0.381. The lowest BCUT2D eigenvalue weighted by molar-refractivity contribution is 0.349. The van der Waals surface area contributed by atoms with Crippen LogP contribution in [0.2, 0.25) is 0 Å². The number of nitrogens with two attached hydrogens (primary N) is 1. The minimum absolute atomic E-state index is 0.354. The molecule has 2 atom stereocenters. The molecule has 2 aliphatic rings. The Kier molecular flexibility index (Phi) is 4.12. The normalized spacial score (nSPS) is 21.8. The summed E-state index contributed by atoms with van der Waals surface area (Å²) in [7, 11) is 3.37. The van der Waals surface area contributed by atoms with Crippen molar-refractivity contribution < 1.29 is 9.47 Å². The van der Waals surface area contributed by atoms with E-state index in [1.165, 1.54) is 24.8 Å². The maximum atomic E-state index is 5.86. The number of aliphatic imine (C=N–C) groups is 1. The summed E-state index contributed by atoms with van der Waals surface area (Å²) in [4.78, 5) is 5.16. The van der Waals surface area contributed by atoms with Gasteiger partial charge in [-0.2, -0.15) is 0 Å². The predicted molar refractivity (Wildman–Crippen MR) is 101 cm³/mol. The standard InChI is InChI=1S/C21H24N2O2/c1-24-19-11-16-15-5-3-4-6-18(15)23-21(17(16)12-20(19)25-2)13-7-9-14(22)10-8-13/h7-12,15,18H,3-6,22H2,1-2H3/t15-,18-/m0/s1. The third-order valence-corrected chi connectivity index (χ3v) is 5.42. The van der Waals surface area contributed by atoms with Gasteiger partial charge in [-0.15, -0.1) is 0 Å². The van der Waals surface area contributed by atoms with Gasteiger partial charge in [0.15, 0.2) is 11.5 Å². The number of hydrogen-bond donors (Lipinski definition) is 1. The molecule has 0 spiro atoms. The first-order valence-electron chi connectivity index (χ1n) is 8.91. The molecule has 4 rings (SSSR count). The average molecular weight is 336 g/mol. The van der Waals surface area contributed by atoms with Gasteiger partial charge in [0.05, 0.1) is 26.0 Å². The number of nitrogens with zero attached hydrogens (tertiary/aromatic N) is 1. The van der Waals surface area contributed by atoms with E-state index in [1.54, 1.807) is 14.2 Å². The number of nitrogen functional groups attached to an aromatic ring is 1. The minimum Gasteiger partial charge on any atom is -0.493 e. The van der Waals surface area contributed by atoms with Crippen molar-refractivity contribution in [1.29, 1.82) is 0 Å². The van der Waals surface area contributed by atoms with Gasteiger partial charge in [-0.25, -0.2) is 0 Å². The van der Waals surface area contributed by atoms with Crippen molar-refractivity contribution in [3.8, 4) is 11.5 Å². The highest BCUT2D eigenvalue weighted by Gasteiger charge is 2.34. The number of anilines is 1. The molecule has 0 radical (unpaired) electrons. The van der Waals surface area contributed by atoms with Crippen LogP contribution in [0.15, 0.2) is 41.4 Å². The molecule has 1 saturated carbocycles. The number of fused-ring (bicyclic) bond motifs is 3. The number of hydrogen-bond acceptors (Lipinski definition) is 4. The molecule has 25 heavy (non-hydrogen) atoms. The van der Waals surface area contributed by atoms with Crippen LogP contribution in [-0.4, -0.2) is 26.0 Å². The van der Waals surface area contributed by atoms with Crippen LogP contribution in [0.25, 0.3) is 0 Å². The van der Waals surface area contributed by atoms with E-state index in [1.807, 2.05) is 12.1 Å². The van der Waals surface area contributed by atoms with Gasteiger partial charge >= 0.3 is 0 Å². The predicted octanol–water partition coefficient (Wildman–Crippen LogP) is 4.16. The van der Waals surface area contributed by atoms with Crippen molar-refractivity contribution >= 4 is 11.4 Å². The molecular formula is C21H24N2O2. The minimum atomic E-state index is 0.354. The lowest BCUT2D eigenvalue weighted by Crippen LogP contribution is -2.29. The van der Waals surface area contributed by atoms with Crippen LogP contribution < -0.4 is 15.2 Å². The van der Waals surface area contributed by atoms with Gasteiger partial charge in [0, 0.05) is 22.7 Å². The summed E-state index contributed by atoms with van der Waals surface area (Å²) in [6.07, 6.45) is 4.85. The van der Waals surface area contributed by atoms with Crippen molar-refractivity contribution in [2.24, 2.45) is 4.99 Å². The first-order chi connectivity index (χ1) is 12.2. The van der Waals surface area contributed by atoms with Crippen molar-refractivity contribution in [3.05, 3.63) is 53.1 Å². The quantitative estimate of drug-likeness (QED) is 0.856. The Bertz CT molecular complexity index is 811. The van der Waals surface area contributed by atoms with E-state index >= 15 is 0 Å². The van der Waals surface area contributed by atoms with Crippen LogP contribution in [0, 0.1) is 0 Å². The molecule has 0 saturated heterocycles. The third kappa shape index (κ3) is 2.76. The van der Waals surface area contributed by atoms with E-state index in [2.05, 4.69) is 24.3 Å². The second-order valence-corrected chi connectivity index (χ2v) is 6.85. The van der Waals surface area contributed by atoms with E-state index in [4.69, 9.17) is 20.2 Å². The van der Waals surface area contributed by atoms with Gasteiger partial charge in [-0.05, 0) is 42.7 Å². The Balaban J connectivity index is 1.90. The smallest absolute Gasteiger partial charge is 0.161 e. The summed E-state index contributed by atoms with van der Waals surface area (Å²) in [6.45, 7) is 0. The van der Waals surface area contributed by atoms with Crippen LogP contribution in [0.3, 0.4) is 0 Å². The molecule has 2 N–H and O–H groups in total. The molecule has 1 heterocycles. The number of benzene rings is 2. The lowest BCUT2D eigenvalue weighted by atomic mass is 9.75. The number of methoxy groups -OCH3 is 2. The summed E-state index contributed by atoms with van der Waals surface area (Å²) in [5.41, 5.74) is 11.3. The van der Waals surface area contributed by atoms with Crippen molar-refractivity contribution in [2.45, 2.75) is 37.6 Å². The van der Waals surface area contributed by atoms with Gasteiger partial charge in [-0.3, -0.25) is 4.99 Å². The van der Waals surface area contributed by atoms with E-state index in [9.17, 15) is 0 Å². The summed E-state index contributed by atoms with van der Waals surface area (Å²) < 4.78 is 11.1. The Hall–Kier alpha value is -2.49. The molecule has 1 aliphatic carbocycles. The Labute approximate surface area is 148 Å². The van der Waals surface area contributed by atoms with Gasteiger partial charge in [0.25, 0.3) is 0 Å². The third-order valence-electron chi connectivity index (χ3n) is 5.42. The molecule has 1 aliphatic heterocycles. The molecule has 1 fully saturated rings. The summed E-state index contributed by atoms with van der Waals surface area (Å²) in [6, 6.07) is 12.6. The van der Waals surface area contributed by atoms with Crippen molar-refractivity contribution in [3.63, 3.8) is 0 Å². The van der Waals surface area contributed by atoms with Crippen molar-refractivity contribution in [1.82, 2.24) is 0 Å². The zero-order valence-corrected chi connectivity index (χ0v) is 14.8. The van der Waals surface area contributed by atoms with Gasteiger partial charge in [0.2, 0.25) is 0 Å². The monoisotopic (exact) mass is 336 g/mol. The van der Waals surface area contributed by atoms with E-state index in [0.717, 1.165) is 40.4 Å². The highest BCUT2D eigenvalue weighted by molar-refractivity contribution is 6.15. The highest BCUT2D eigenvalue weighted by Crippen LogP contribution is 2.44. The lowest BCUT2D eigenvalue weighted by Gasteiger charge is -2.35. The molecule has 0 aromatic heterocycles. The van der Waals surface area contributed by atoms with Crippen molar-refractivity contribution in [2.75, 3.05) is 20.0 Å². The average Bonchev–Trinajstić information content (AvgIpc) is 2.67. The van der Waals surface area contributed by atoms with E-state index < -0.39 is 0 Å². The maximum absolute atomic E-state index is 5.86. The van der Waals surface area contributed by atoms with Gasteiger partial charge in [-0.1, -0.05) is 25.0 Å². The molecule has 130 valence electrons. The highest BCUT2D eigenvalue weighted by atomic mass is 16.5.